The normalized spacial score (nSPS) is 19.1. The Kier molecular flexibility index (Phi) is 5.17. The van der Waals surface area contributed by atoms with E-state index in [0.29, 0.717) is 19.0 Å². The predicted molar refractivity (Wildman–Crippen MR) is 77.3 cm³/mol. The number of rotatable bonds is 5. The van der Waals surface area contributed by atoms with Crippen LogP contribution < -0.4 is 5.32 Å². The first-order valence-corrected chi connectivity index (χ1v) is 7.47. The fraction of sp³-hybridized carbons (Fsp3) is 0.733. The quantitative estimate of drug-likeness (QED) is 0.897. The Labute approximate surface area is 120 Å². The third kappa shape index (κ3) is 3.82. The van der Waals surface area contributed by atoms with Crippen LogP contribution in [0.25, 0.3) is 0 Å². The van der Waals surface area contributed by atoms with Gasteiger partial charge in [-0.05, 0) is 39.7 Å². The molecule has 1 unspecified atom stereocenters. The Morgan fingerprint density at radius 2 is 2.25 bits per heavy atom. The Morgan fingerprint density at radius 3 is 2.85 bits per heavy atom. The predicted octanol–water partition coefficient (Wildman–Crippen LogP) is 2.17. The summed E-state index contributed by atoms with van der Waals surface area (Å²) in [6.45, 7) is 5.47. The summed E-state index contributed by atoms with van der Waals surface area (Å²) in [6, 6.07) is 0.514. The Morgan fingerprint density at radius 1 is 1.45 bits per heavy atom. The highest BCUT2D eigenvalue weighted by atomic mass is 16.5. The monoisotopic (exact) mass is 279 g/mol. The number of carbonyl (C=O) groups excluding carboxylic acids is 1. The molecule has 0 aromatic carbocycles. The number of carbonyl (C=O) groups is 1. The van der Waals surface area contributed by atoms with Crippen LogP contribution in [0.3, 0.4) is 0 Å². The van der Waals surface area contributed by atoms with Gasteiger partial charge in [0.2, 0.25) is 5.91 Å². The molecule has 1 saturated heterocycles. The molecule has 1 aliphatic heterocycles. The number of hydrogen-bond acceptors (Lipinski definition) is 4. The van der Waals surface area contributed by atoms with Gasteiger partial charge in [-0.15, -0.1) is 0 Å². The maximum Gasteiger partial charge on any atom is 0.222 e. The minimum absolute atomic E-state index is 0.192. The molecule has 1 N–H and O–H groups in total. The van der Waals surface area contributed by atoms with E-state index in [0.717, 1.165) is 30.0 Å². The summed E-state index contributed by atoms with van der Waals surface area (Å²) in [5.41, 5.74) is 1.90. The maximum absolute atomic E-state index is 12.2. The molecule has 112 valence electrons. The molecule has 2 heterocycles. The van der Waals surface area contributed by atoms with Crippen molar-refractivity contribution in [1.29, 1.82) is 0 Å². The average Bonchev–Trinajstić information content (AvgIpc) is 2.77. The molecule has 0 saturated carbocycles. The van der Waals surface area contributed by atoms with E-state index < -0.39 is 0 Å². The zero-order chi connectivity index (χ0) is 14.5. The summed E-state index contributed by atoms with van der Waals surface area (Å²) in [6.07, 6.45) is 5.28. The Balaban J connectivity index is 1.79. The van der Waals surface area contributed by atoms with Crippen LogP contribution in [-0.2, 0) is 11.3 Å². The van der Waals surface area contributed by atoms with Crippen molar-refractivity contribution in [1.82, 2.24) is 15.4 Å². The van der Waals surface area contributed by atoms with Gasteiger partial charge in [-0.3, -0.25) is 4.79 Å². The van der Waals surface area contributed by atoms with Gasteiger partial charge in [0, 0.05) is 25.1 Å². The van der Waals surface area contributed by atoms with Gasteiger partial charge in [0.15, 0.2) is 0 Å². The van der Waals surface area contributed by atoms with E-state index in [1.165, 1.54) is 19.3 Å². The molecule has 1 aliphatic rings. The summed E-state index contributed by atoms with van der Waals surface area (Å²) in [5, 5.41) is 7.41. The molecule has 0 bridgehead atoms. The van der Waals surface area contributed by atoms with Gasteiger partial charge in [-0.25, -0.2) is 0 Å². The zero-order valence-corrected chi connectivity index (χ0v) is 12.7. The second-order valence-corrected chi connectivity index (χ2v) is 5.74. The molecule has 0 spiro atoms. The van der Waals surface area contributed by atoms with Crippen molar-refractivity contribution in [3.8, 4) is 0 Å². The molecule has 1 aromatic heterocycles. The van der Waals surface area contributed by atoms with Gasteiger partial charge in [0.1, 0.15) is 5.76 Å². The standard InChI is InChI=1S/C15H25N3O2/c1-11-14(12(2)20-17-11)10-18(3)15(19)8-7-13-6-4-5-9-16-13/h13,16H,4-10H2,1-3H3. The largest absolute Gasteiger partial charge is 0.361 e. The van der Waals surface area contributed by atoms with E-state index in [1.54, 1.807) is 4.90 Å². The second kappa shape index (κ2) is 6.88. The first-order valence-electron chi connectivity index (χ1n) is 7.47. The third-order valence-electron chi connectivity index (χ3n) is 4.12. The SMILES string of the molecule is Cc1noc(C)c1CN(C)C(=O)CCC1CCCCN1. The number of nitrogens with one attached hydrogen (secondary N) is 1. The molecule has 1 aromatic rings. The summed E-state index contributed by atoms with van der Waals surface area (Å²) >= 11 is 0. The highest BCUT2D eigenvalue weighted by Crippen LogP contribution is 2.16. The fourth-order valence-electron chi connectivity index (χ4n) is 2.71. The van der Waals surface area contributed by atoms with Crippen molar-refractivity contribution in [3.05, 3.63) is 17.0 Å². The summed E-state index contributed by atoms with van der Waals surface area (Å²) in [4.78, 5) is 14.0. The van der Waals surface area contributed by atoms with Gasteiger partial charge in [0.25, 0.3) is 0 Å². The second-order valence-electron chi connectivity index (χ2n) is 5.74. The molecule has 1 fully saturated rings. The summed E-state index contributed by atoms with van der Waals surface area (Å²) in [5.74, 6) is 0.994. The molecule has 5 nitrogen and oxygen atoms in total. The molecular formula is C15H25N3O2. The van der Waals surface area contributed by atoms with E-state index >= 15 is 0 Å². The van der Waals surface area contributed by atoms with E-state index in [2.05, 4.69) is 10.5 Å². The van der Waals surface area contributed by atoms with Crippen molar-refractivity contribution < 1.29 is 9.32 Å². The number of nitrogens with zero attached hydrogens (tertiary/aromatic N) is 2. The van der Waals surface area contributed by atoms with Crippen LogP contribution in [0, 0.1) is 13.8 Å². The smallest absolute Gasteiger partial charge is 0.222 e. The molecular weight excluding hydrogens is 254 g/mol. The van der Waals surface area contributed by atoms with E-state index in [4.69, 9.17) is 4.52 Å². The number of amides is 1. The van der Waals surface area contributed by atoms with Gasteiger partial charge in [-0.2, -0.15) is 0 Å². The fourth-order valence-corrected chi connectivity index (χ4v) is 2.71. The summed E-state index contributed by atoms with van der Waals surface area (Å²) in [7, 11) is 1.85. The van der Waals surface area contributed by atoms with Crippen molar-refractivity contribution in [3.63, 3.8) is 0 Å². The van der Waals surface area contributed by atoms with Crippen LogP contribution in [0.15, 0.2) is 4.52 Å². The number of piperidine rings is 1. The summed E-state index contributed by atoms with van der Waals surface area (Å²) < 4.78 is 5.13. The van der Waals surface area contributed by atoms with Crippen molar-refractivity contribution in [2.45, 2.75) is 58.5 Å². The van der Waals surface area contributed by atoms with Crippen LogP contribution in [0.5, 0.6) is 0 Å². The average molecular weight is 279 g/mol. The van der Waals surface area contributed by atoms with E-state index in [1.807, 2.05) is 20.9 Å². The van der Waals surface area contributed by atoms with Crippen LogP contribution in [0.1, 0.15) is 49.1 Å². The van der Waals surface area contributed by atoms with Crippen molar-refractivity contribution >= 4 is 5.91 Å². The topological polar surface area (TPSA) is 58.4 Å². The Hall–Kier alpha value is -1.36. The van der Waals surface area contributed by atoms with Crippen molar-refractivity contribution in [2.24, 2.45) is 0 Å². The maximum atomic E-state index is 12.2. The van der Waals surface area contributed by atoms with Gasteiger partial charge in [0.05, 0.1) is 12.2 Å². The van der Waals surface area contributed by atoms with Crippen LogP contribution >= 0.6 is 0 Å². The van der Waals surface area contributed by atoms with Crippen LogP contribution in [0.4, 0.5) is 0 Å². The van der Waals surface area contributed by atoms with Crippen LogP contribution in [-0.4, -0.2) is 35.6 Å². The first-order chi connectivity index (χ1) is 9.58. The van der Waals surface area contributed by atoms with E-state index in [-0.39, 0.29) is 5.91 Å². The van der Waals surface area contributed by atoms with E-state index in [9.17, 15) is 4.79 Å². The van der Waals surface area contributed by atoms with Gasteiger partial charge < -0.3 is 14.7 Å². The molecule has 5 heteroatoms. The zero-order valence-electron chi connectivity index (χ0n) is 12.7. The lowest BCUT2D eigenvalue weighted by atomic mass is 10.0. The molecule has 0 aliphatic carbocycles. The number of aryl methyl sites for hydroxylation is 2. The highest BCUT2D eigenvalue weighted by Gasteiger charge is 2.18. The highest BCUT2D eigenvalue weighted by molar-refractivity contribution is 5.75. The van der Waals surface area contributed by atoms with Gasteiger partial charge in [-0.1, -0.05) is 11.6 Å². The lowest BCUT2D eigenvalue weighted by molar-refractivity contribution is -0.130. The Bertz CT molecular complexity index is 430. The minimum Gasteiger partial charge on any atom is -0.361 e. The van der Waals surface area contributed by atoms with Crippen LogP contribution in [0.2, 0.25) is 0 Å². The lowest BCUT2D eigenvalue weighted by Crippen LogP contribution is -2.35. The molecule has 20 heavy (non-hydrogen) atoms. The molecule has 0 radical (unpaired) electrons. The van der Waals surface area contributed by atoms with Crippen molar-refractivity contribution in [2.75, 3.05) is 13.6 Å². The third-order valence-corrected chi connectivity index (χ3v) is 4.12. The molecule has 1 atom stereocenters. The van der Waals surface area contributed by atoms with Gasteiger partial charge >= 0.3 is 0 Å². The number of hydrogen-bond donors (Lipinski definition) is 1. The minimum atomic E-state index is 0.192. The first kappa shape index (κ1) is 15.0. The molecule has 1 amide bonds. The number of aromatic nitrogens is 1. The molecule has 2 rings (SSSR count). The lowest BCUT2D eigenvalue weighted by Gasteiger charge is -2.24.